The summed E-state index contributed by atoms with van der Waals surface area (Å²) in [7, 11) is 0. The largest absolute Gasteiger partial charge is 0.478 e. The zero-order valence-electron chi connectivity index (χ0n) is 10.9. The minimum absolute atomic E-state index is 0.247. The molecule has 0 bridgehead atoms. The van der Waals surface area contributed by atoms with Gasteiger partial charge in [0.15, 0.2) is 0 Å². The molecule has 0 aliphatic rings. The highest BCUT2D eigenvalue weighted by Crippen LogP contribution is 2.24. The van der Waals surface area contributed by atoms with E-state index in [-0.39, 0.29) is 11.4 Å². The summed E-state index contributed by atoms with van der Waals surface area (Å²) in [4.78, 5) is 11.2. The van der Waals surface area contributed by atoms with E-state index in [4.69, 9.17) is 11.6 Å². The van der Waals surface area contributed by atoms with Crippen molar-refractivity contribution in [3.63, 3.8) is 0 Å². The molecule has 0 saturated heterocycles. The molecule has 21 heavy (non-hydrogen) atoms. The van der Waals surface area contributed by atoms with Crippen molar-refractivity contribution in [3.05, 3.63) is 70.6 Å². The van der Waals surface area contributed by atoms with Gasteiger partial charge in [0, 0.05) is 28.7 Å². The van der Waals surface area contributed by atoms with Crippen LogP contribution in [0.3, 0.4) is 0 Å². The van der Waals surface area contributed by atoms with E-state index in [0.29, 0.717) is 22.5 Å². The van der Waals surface area contributed by atoms with E-state index in [0.717, 1.165) is 5.52 Å². The molecule has 2 aromatic carbocycles. The van der Waals surface area contributed by atoms with Gasteiger partial charge in [0.1, 0.15) is 5.82 Å². The lowest BCUT2D eigenvalue weighted by Crippen LogP contribution is -2.01. The van der Waals surface area contributed by atoms with Crippen LogP contribution in [0.1, 0.15) is 15.9 Å². The van der Waals surface area contributed by atoms with Crippen LogP contribution in [0.2, 0.25) is 5.02 Å². The van der Waals surface area contributed by atoms with Crippen LogP contribution in [-0.4, -0.2) is 15.6 Å². The lowest BCUT2D eigenvalue weighted by molar-refractivity contribution is 0.0699. The Hall–Kier alpha value is -2.33. The fourth-order valence-corrected chi connectivity index (χ4v) is 2.57. The van der Waals surface area contributed by atoms with Crippen LogP contribution in [0.25, 0.3) is 10.9 Å². The van der Waals surface area contributed by atoms with Crippen LogP contribution in [0.4, 0.5) is 4.39 Å². The minimum atomic E-state index is -0.970. The van der Waals surface area contributed by atoms with Crippen LogP contribution in [0, 0.1) is 5.82 Å². The Kier molecular flexibility index (Phi) is 3.39. The normalized spacial score (nSPS) is 11.0. The van der Waals surface area contributed by atoms with Crippen molar-refractivity contribution in [2.75, 3.05) is 0 Å². The standard InChI is InChI=1S/C16H11ClFNO2/c17-14-5-4-11(18)8-10(14)9-19-7-6-12-13(16(20)21)2-1-3-15(12)19/h1-8H,9H2,(H,20,21). The maximum atomic E-state index is 13.3. The molecule has 0 spiro atoms. The third-order valence-corrected chi connectivity index (χ3v) is 3.76. The smallest absolute Gasteiger partial charge is 0.336 e. The SMILES string of the molecule is O=C(O)c1cccc2c1ccn2Cc1cc(F)ccc1Cl. The van der Waals surface area contributed by atoms with E-state index in [9.17, 15) is 14.3 Å². The number of carboxylic acid groups (broad SMARTS) is 1. The van der Waals surface area contributed by atoms with Crippen molar-refractivity contribution >= 4 is 28.5 Å². The molecule has 5 heteroatoms. The fraction of sp³-hybridized carbons (Fsp3) is 0.0625. The van der Waals surface area contributed by atoms with Gasteiger partial charge in [-0.2, -0.15) is 0 Å². The number of hydrogen-bond donors (Lipinski definition) is 1. The van der Waals surface area contributed by atoms with Crippen molar-refractivity contribution in [1.29, 1.82) is 0 Å². The molecule has 0 radical (unpaired) electrons. The lowest BCUT2D eigenvalue weighted by Gasteiger charge is -2.08. The van der Waals surface area contributed by atoms with E-state index in [1.54, 1.807) is 24.4 Å². The average Bonchev–Trinajstić information content (AvgIpc) is 2.86. The van der Waals surface area contributed by atoms with E-state index < -0.39 is 5.97 Å². The molecule has 1 heterocycles. The van der Waals surface area contributed by atoms with Gasteiger partial charge in [0.25, 0.3) is 0 Å². The number of fused-ring (bicyclic) bond motifs is 1. The molecule has 0 aliphatic heterocycles. The number of aromatic carboxylic acids is 1. The Morgan fingerprint density at radius 2 is 2.05 bits per heavy atom. The van der Waals surface area contributed by atoms with Crippen LogP contribution in [0.15, 0.2) is 48.7 Å². The van der Waals surface area contributed by atoms with Gasteiger partial charge < -0.3 is 9.67 Å². The summed E-state index contributed by atoms with van der Waals surface area (Å²) in [6, 6.07) is 11.0. The summed E-state index contributed by atoms with van der Waals surface area (Å²) in [5, 5.41) is 10.3. The Morgan fingerprint density at radius 3 is 2.81 bits per heavy atom. The maximum Gasteiger partial charge on any atom is 0.336 e. The van der Waals surface area contributed by atoms with E-state index in [2.05, 4.69) is 0 Å². The number of carbonyl (C=O) groups is 1. The average molecular weight is 304 g/mol. The Bertz CT molecular complexity index is 841. The Morgan fingerprint density at radius 1 is 1.24 bits per heavy atom. The minimum Gasteiger partial charge on any atom is -0.478 e. The van der Waals surface area contributed by atoms with Crippen LogP contribution >= 0.6 is 11.6 Å². The molecule has 0 fully saturated rings. The molecular weight excluding hydrogens is 293 g/mol. The molecule has 0 atom stereocenters. The number of halogens is 2. The first-order chi connectivity index (χ1) is 10.1. The maximum absolute atomic E-state index is 13.3. The summed E-state index contributed by atoms with van der Waals surface area (Å²) in [5.74, 6) is -1.32. The van der Waals surface area contributed by atoms with Crippen molar-refractivity contribution in [2.24, 2.45) is 0 Å². The molecule has 3 aromatic rings. The summed E-state index contributed by atoms with van der Waals surface area (Å²) in [6.07, 6.45) is 1.78. The van der Waals surface area contributed by atoms with Gasteiger partial charge in [-0.25, -0.2) is 9.18 Å². The van der Waals surface area contributed by atoms with E-state index in [1.165, 1.54) is 18.2 Å². The second kappa shape index (κ2) is 5.22. The summed E-state index contributed by atoms with van der Waals surface area (Å²) < 4.78 is 15.2. The van der Waals surface area contributed by atoms with Gasteiger partial charge in [0.2, 0.25) is 0 Å². The molecule has 3 nitrogen and oxygen atoms in total. The number of carboxylic acids is 1. The molecule has 0 unspecified atom stereocenters. The molecule has 1 N–H and O–H groups in total. The predicted molar refractivity (Wildman–Crippen MR) is 79.4 cm³/mol. The molecule has 1 aromatic heterocycles. The van der Waals surface area contributed by atoms with Gasteiger partial charge >= 0.3 is 5.97 Å². The number of benzene rings is 2. The molecule has 106 valence electrons. The first-order valence-electron chi connectivity index (χ1n) is 6.31. The van der Waals surface area contributed by atoms with Crippen molar-refractivity contribution < 1.29 is 14.3 Å². The molecule has 0 saturated carbocycles. The van der Waals surface area contributed by atoms with E-state index >= 15 is 0 Å². The summed E-state index contributed by atoms with van der Waals surface area (Å²) in [6.45, 7) is 0.378. The molecule has 0 amide bonds. The van der Waals surface area contributed by atoms with E-state index in [1.807, 2.05) is 10.6 Å². The second-order valence-corrected chi connectivity index (χ2v) is 5.13. The van der Waals surface area contributed by atoms with Gasteiger partial charge in [-0.1, -0.05) is 17.7 Å². The molecule has 0 aliphatic carbocycles. The van der Waals surface area contributed by atoms with Crippen molar-refractivity contribution in [1.82, 2.24) is 4.57 Å². The zero-order valence-corrected chi connectivity index (χ0v) is 11.6. The Labute approximate surface area is 125 Å². The van der Waals surface area contributed by atoms with Crippen molar-refractivity contribution in [2.45, 2.75) is 6.54 Å². The zero-order chi connectivity index (χ0) is 15.0. The molecule has 3 rings (SSSR count). The topological polar surface area (TPSA) is 42.2 Å². The third-order valence-electron chi connectivity index (χ3n) is 3.39. The van der Waals surface area contributed by atoms with Gasteiger partial charge in [-0.3, -0.25) is 0 Å². The third kappa shape index (κ3) is 2.50. The van der Waals surface area contributed by atoms with Crippen molar-refractivity contribution in [3.8, 4) is 0 Å². The highest BCUT2D eigenvalue weighted by Gasteiger charge is 2.12. The number of rotatable bonds is 3. The first kappa shape index (κ1) is 13.6. The predicted octanol–water partition coefficient (Wildman–Crippen LogP) is 4.18. The van der Waals surface area contributed by atoms with Gasteiger partial charge in [-0.15, -0.1) is 0 Å². The lowest BCUT2D eigenvalue weighted by atomic mass is 10.1. The highest BCUT2D eigenvalue weighted by molar-refractivity contribution is 6.31. The highest BCUT2D eigenvalue weighted by atomic mass is 35.5. The Balaban J connectivity index is 2.08. The van der Waals surface area contributed by atoms with Gasteiger partial charge in [-0.05, 0) is 42.0 Å². The summed E-state index contributed by atoms with van der Waals surface area (Å²) in [5.41, 5.74) is 1.67. The van der Waals surface area contributed by atoms with Gasteiger partial charge in [0.05, 0.1) is 5.56 Å². The fourth-order valence-electron chi connectivity index (χ4n) is 2.40. The summed E-state index contributed by atoms with van der Waals surface area (Å²) >= 11 is 6.07. The van der Waals surface area contributed by atoms with Crippen LogP contribution < -0.4 is 0 Å². The number of hydrogen-bond acceptors (Lipinski definition) is 1. The number of nitrogens with zero attached hydrogens (tertiary/aromatic N) is 1. The van der Waals surface area contributed by atoms with Crippen LogP contribution in [0.5, 0.6) is 0 Å². The molecular formula is C16H11ClFNO2. The first-order valence-corrected chi connectivity index (χ1v) is 6.69. The number of aromatic nitrogens is 1. The van der Waals surface area contributed by atoms with Crippen LogP contribution in [-0.2, 0) is 6.54 Å². The monoisotopic (exact) mass is 303 g/mol. The second-order valence-electron chi connectivity index (χ2n) is 4.72. The quantitative estimate of drug-likeness (QED) is 0.788.